The van der Waals surface area contributed by atoms with Gasteiger partial charge in [0.05, 0.1) is 7.11 Å². The number of thioether (sulfide) groups is 1. The average molecular weight is 409 g/mol. The number of ether oxygens (including phenoxy) is 1. The molecule has 0 radical (unpaired) electrons. The molecule has 0 saturated heterocycles. The maximum absolute atomic E-state index is 12.3. The first-order chi connectivity index (χ1) is 12.9. The number of nitrogens with one attached hydrogen (secondary N) is 2. The molecule has 0 bridgehead atoms. The zero-order valence-corrected chi connectivity index (χ0v) is 17.2. The van der Waals surface area contributed by atoms with E-state index in [0.29, 0.717) is 6.54 Å². The number of benzene rings is 2. The minimum atomic E-state index is -3.72. The van der Waals surface area contributed by atoms with Crippen molar-refractivity contribution in [1.82, 2.24) is 10.0 Å². The molecule has 8 heteroatoms. The number of methoxy groups -OCH3 is 1. The van der Waals surface area contributed by atoms with Crippen molar-refractivity contribution in [3.05, 3.63) is 59.2 Å². The summed E-state index contributed by atoms with van der Waals surface area (Å²) in [6, 6.07) is 12.7. The number of amides is 1. The minimum Gasteiger partial charge on any atom is -0.495 e. The summed E-state index contributed by atoms with van der Waals surface area (Å²) >= 11 is 1.73. The summed E-state index contributed by atoms with van der Waals surface area (Å²) in [5.41, 5.74) is 2.75. The van der Waals surface area contributed by atoms with Crippen LogP contribution in [0.5, 0.6) is 5.75 Å². The molecule has 6 nitrogen and oxygen atoms in total. The normalized spacial score (nSPS) is 11.2. The lowest BCUT2D eigenvalue weighted by Gasteiger charge is -2.11. The largest absolute Gasteiger partial charge is 0.495 e. The molecule has 0 aliphatic rings. The zero-order valence-electron chi connectivity index (χ0n) is 15.6. The first kappa shape index (κ1) is 21.3. The van der Waals surface area contributed by atoms with Crippen LogP contribution in [0.4, 0.5) is 0 Å². The smallest absolute Gasteiger partial charge is 0.251 e. The molecular weight excluding hydrogens is 384 g/mol. The third kappa shape index (κ3) is 5.98. The molecule has 2 N–H and O–H groups in total. The van der Waals surface area contributed by atoms with Crippen LogP contribution in [0.15, 0.2) is 47.4 Å². The van der Waals surface area contributed by atoms with Gasteiger partial charge in [-0.05, 0) is 37.7 Å². The lowest BCUT2D eigenvalue weighted by molar-refractivity contribution is 0.0956. The van der Waals surface area contributed by atoms with Crippen molar-refractivity contribution in [2.75, 3.05) is 26.5 Å². The van der Waals surface area contributed by atoms with Gasteiger partial charge in [0.15, 0.2) is 0 Å². The van der Waals surface area contributed by atoms with Gasteiger partial charge >= 0.3 is 0 Å². The van der Waals surface area contributed by atoms with Gasteiger partial charge in [-0.2, -0.15) is 11.8 Å². The molecule has 0 saturated carbocycles. The van der Waals surface area contributed by atoms with Gasteiger partial charge in [-0.25, -0.2) is 13.1 Å². The SMILES string of the molecule is CNS(=O)(=O)c1cc(C(=O)NCCSCc2ccc(C)cc2)ccc1OC. The Hall–Kier alpha value is -2.03. The molecule has 2 aromatic rings. The Morgan fingerprint density at radius 2 is 1.85 bits per heavy atom. The zero-order chi connectivity index (χ0) is 19.9. The van der Waals surface area contributed by atoms with Crippen molar-refractivity contribution < 1.29 is 17.9 Å². The molecule has 0 heterocycles. The first-order valence-corrected chi connectivity index (χ1v) is 11.0. The van der Waals surface area contributed by atoms with Crippen LogP contribution in [0.1, 0.15) is 21.5 Å². The van der Waals surface area contributed by atoms with Gasteiger partial charge in [0.2, 0.25) is 10.0 Å². The van der Waals surface area contributed by atoms with Gasteiger partial charge in [0.25, 0.3) is 5.91 Å². The second-order valence-corrected chi connectivity index (χ2v) is 8.83. The van der Waals surface area contributed by atoms with E-state index in [9.17, 15) is 13.2 Å². The van der Waals surface area contributed by atoms with E-state index in [2.05, 4.69) is 41.2 Å². The number of rotatable bonds is 9. The highest BCUT2D eigenvalue weighted by Crippen LogP contribution is 2.24. The van der Waals surface area contributed by atoms with E-state index in [1.54, 1.807) is 17.8 Å². The molecular formula is C19H24N2O4S2. The van der Waals surface area contributed by atoms with E-state index in [4.69, 9.17) is 4.74 Å². The molecule has 2 aromatic carbocycles. The van der Waals surface area contributed by atoms with Crippen molar-refractivity contribution >= 4 is 27.7 Å². The summed E-state index contributed by atoms with van der Waals surface area (Å²) in [5, 5.41) is 2.81. The predicted octanol–water partition coefficient (Wildman–Crippen LogP) is 2.57. The van der Waals surface area contributed by atoms with Gasteiger partial charge in [-0.1, -0.05) is 29.8 Å². The van der Waals surface area contributed by atoms with Gasteiger partial charge < -0.3 is 10.1 Å². The van der Waals surface area contributed by atoms with Crippen LogP contribution in [0, 0.1) is 6.92 Å². The Kier molecular flexibility index (Phi) is 7.70. The second kappa shape index (κ2) is 9.77. The van der Waals surface area contributed by atoms with Crippen LogP contribution in [0.3, 0.4) is 0 Å². The van der Waals surface area contributed by atoms with Gasteiger partial charge in [0.1, 0.15) is 10.6 Å². The fourth-order valence-electron chi connectivity index (χ4n) is 2.35. The molecule has 0 atom stereocenters. The summed E-state index contributed by atoms with van der Waals surface area (Å²) in [6.45, 7) is 2.55. The molecule has 1 amide bonds. The first-order valence-electron chi connectivity index (χ1n) is 8.40. The lowest BCUT2D eigenvalue weighted by Crippen LogP contribution is -2.26. The van der Waals surface area contributed by atoms with Crippen LogP contribution in [0.25, 0.3) is 0 Å². The van der Waals surface area contributed by atoms with Crippen molar-refractivity contribution in [2.45, 2.75) is 17.6 Å². The second-order valence-electron chi connectivity index (χ2n) is 5.87. The maximum Gasteiger partial charge on any atom is 0.251 e. The molecule has 0 aromatic heterocycles. The summed E-state index contributed by atoms with van der Waals surface area (Å²) in [5.74, 6) is 1.51. The summed E-state index contributed by atoms with van der Waals surface area (Å²) in [4.78, 5) is 12.2. The Morgan fingerprint density at radius 3 is 2.48 bits per heavy atom. The van der Waals surface area contributed by atoms with E-state index in [-0.39, 0.29) is 22.1 Å². The Labute approximate surface area is 164 Å². The third-order valence-electron chi connectivity index (χ3n) is 3.91. The number of carbonyl (C=O) groups is 1. The van der Waals surface area contributed by atoms with E-state index in [1.165, 1.54) is 37.4 Å². The van der Waals surface area contributed by atoms with Crippen LogP contribution in [-0.4, -0.2) is 40.8 Å². The highest BCUT2D eigenvalue weighted by Gasteiger charge is 2.20. The number of aryl methyl sites for hydroxylation is 1. The van der Waals surface area contributed by atoms with Gasteiger partial charge in [0, 0.05) is 23.6 Å². The van der Waals surface area contributed by atoms with Crippen molar-refractivity contribution in [3.63, 3.8) is 0 Å². The topological polar surface area (TPSA) is 84.5 Å². The van der Waals surface area contributed by atoms with Crippen molar-refractivity contribution in [3.8, 4) is 5.75 Å². The van der Waals surface area contributed by atoms with E-state index in [0.717, 1.165) is 11.5 Å². The van der Waals surface area contributed by atoms with Crippen molar-refractivity contribution in [1.29, 1.82) is 0 Å². The molecule has 0 aliphatic heterocycles. The number of carbonyl (C=O) groups excluding carboxylic acids is 1. The van der Waals surface area contributed by atoms with Crippen LogP contribution in [-0.2, 0) is 15.8 Å². The van der Waals surface area contributed by atoms with Crippen LogP contribution in [0.2, 0.25) is 0 Å². The van der Waals surface area contributed by atoms with Crippen molar-refractivity contribution in [2.24, 2.45) is 0 Å². The maximum atomic E-state index is 12.3. The fraction of sp³-hybridized carbons (Fsp3) is 0.316. The average Bonchev–Trinajstić information content (AvgIpc) is 2.68. The quantitative estimate of drug-likeness (QED) is 0.623. The molecule has 146 valence electrons. The molecule has 27 heavy (non-hydrogen) atoms. The molecule has 0 unspecified atom stereocenters. The standard InChI is InChI=1S/C19H24N2O4S2/c1-14-4-6-15(7-5-14)13-26-11-10-21-19(22)16-8-9-17(25-3)18(12-16)27(23,24)20-2/h4-9,12,20H,10-11,13H2,1-3H3,(H,21,22). The Bertz CT molecular complexity index is 881. The minimum absolute atomic E-state index is 0.0612. The monoisotopic (exact) mass is 408 g/mol. The number of sulfonamides is 1. The summed E-state index contributed by atoms with van der Waals surface area (Å²) in [6.07, 6.45) is 0. The molecule has 0 spiro atoms. The van der Waals surface area contributed by atoms with Gasteiger partial charge in [-0.3, -0.25) is 4.79 Å². The molecule has 0 fully saturated rings. The van der Waals surface area contributed by atoms with Crippen LogP contribution < -0.4 is 14.8 Å². The predicted molar refractivity (Wildman–Crippen MR) is 109 cm³/mol. The summed E-state index contributed by atoms with van der Waals surface area (Å²) < 4.78 is 31.5. The highest BCUT2D eigenvalue weighted by molar-refractivity contribution is 7.98. The number of hydrogen-bond acceptors (Lipinski definition) is 5. The lowest BCUT2D eigenvalue weighted by atomic mass is 10.2. The van der Waals surface area contributed by atoms with E-state index >= 15 is 0 Å². The molecule has 2 rings (SSSR count). The Balaban J connectivity index is 1.90. The molecule has 0 aliphatic carbocycles. The van der Waals surface area contributed by atoms with E-state index < -0.39 is 10.0 Å². The van der Waals surface area contributed by atoms with Gasteiger partial charge in [-0.15, -0.1) is 0 Å². The third-order valence-corrected chi connectivity index (χ3v) is 6.37. The number of hydrogen-bond donors (Lipinski definition) is 2. The van der Waals surface area contributed by atoms with Crippen LogP contribution >= 0.6 is 11.8 Å². The van der Waals surface area contributed by atoms with E-state index in [1.807, 2.05) is 0 Å². The fourth-order valence-corrected chi connectivity index (χ4v) is 4.09. The summed E-state index contributed by atoms with van der Waals surface area (Å²) in [7, 11) is -1.02. The Morgan fingerprint density at radius 1 is 1.15 bits per heavy atom. The highest BCUT2D eigenvalue weighted by atomic mass is 32.2.